The van der Waals surface area contributed by atoms with E-state index in [0.717, 1.165) is 50.8 Å². The minimum Gasteiger partial charge on any atom is -0.208 e. The molecule has 0 N–H and O–H groups in total. The zero-order valence-corrected chi connectivity index (χ0v) is 27.0. The average Bonchev–Trinajstić information content (AvgIpc) is 3.11. The Balaban J connectivity index is 1.21. The van der Waals surface area contributed by atoms with Crippen LogP contribution in [0.1, 0.15) is 57.1 Å². The topological polar surface area (TPSA) is 62.5 Å². The summed E-state index contributed by atoms with van der Waals surface area (Å²) >= 11 is 0. The maximum atomic E-state index is 9.36. The first-order valence-electron chi connectivity index (χ1n) is 16.9. The molecule has 4 nitrogen and oxygen atoms in total. The third kappa shape index (κ3) is 5.61. The number of hydrogen-bond acceptors (Lipinski definition) is 4. The monoisotopic (exact) mass is 610 g/mol. The van der Waals surface area contributed by atoms with Gasteiger partial charge in [-0.1, -0.05) is 111 Å². The Bertz CT molecular complexity index is 2110. The average molecular weight is 611 g/mol. The van der Waals surface area contributed by atoms with Crippen LogP contribution in [-0.2, 0) is 5.41 Å². The van der Waals surface area contributed by atoms with Crippen molar-refractivity contribution in [2.75, 3.05) is 0 Å². The predicted octanol–water partition coefficient (Wildman–Crippen LogP) is 10.7. The number of hydrogen-bond donors (Lipinski definition) is 0. The molecule has 2 aliphatic rings. The zero-order chi connectivity index (χ0) is 32.0. The Labute approximate surface area is 277 Å². The maximum Gasteiger partial charge on any atom is 0.164 e. The Morgan fingerprint density at radius 2 is 1.17 bits per heavy atom. The zero-order valence-electron chi connectivity index (χ0n) is 27.0. The van der Waals surface area contributed by atoms with Gasteiger partial charge in [-0.3, -0.25) is 0 Å². The van der Waals surface area contributed by atoms with Crippen molar-refractivity contribution in [1.82, 2.24) is 15.0 Å². The summed E-state index contributed by atoms with van der Waals surface area (Å²) in [6.45, 7) is 4.91. The molecular formula is C43H38N4. The highest BCUT2D eigenvalue weighted by atomic mass is 15.0. The van der Waals surface area contributed by atoms with Crippen LogP contribution in [0, 0.1) is 29.1 Å². The van der Waals surface area contributed by atoms with Gasteiger partial charge in [0.2, 0.25) is 0 Å². The summed E-state index contributed by atoms with van der Waals surface area (Å²) in [4.78, 5) is 15.1. The van der Waals surface area contributed by atoms with Crippen LogP contribution in [0.15, 0.2) is 115 Å². The van der Waals surface area contributed by atoms with Crippen molar-refractivity contribution < 1.29 is 0 Å². The molecule has 1 heterocycles. The van der Waals surface area contributed by atoms with Crippen molar-refractivity contribution in [3.63, 3.8) is 0 Å². The minimum atomic E-state index is 0.307. The number of nitrogens with zero attached hydrogens (tertiary/aromatic N) is 4. The van der Waals surface area contributed by atoms with Crippen molar-refractivity contribution in [2.45, 2.75) is 51.4 Å². The molecule has 1 unspecified atom stereocenters. The molecule has 6 aromatic rings. The Morgan fingerprint density at radius 1 is 0.574 bits per heavy atom. The van der Waals surface area contributed by atoms with Crippen molar-refractivity contribution >= 4 is 10.8 Å². The van der Waals surface area contributed by atoms with Crippen molar-refractivity contribution in [2.24, 2.45) is 17.8 Å². The third-order valence-electron chi connectivity index (χ3n) is 10.5. The van der Waals surface area contributed by atoms with Crippen LogP contribution in [0.2, 0.25) is 0 Å². The van der Waals surface area contributed by atoms with Gasteiger partial charge in [-0.05, 0) is 101 Å². The van der Waals surface area contributed by atoms with E-state index < -0.39 is 0 Å². The van der Waals surface area contributed by atoms with Gasteiger partial charge in [-0.25, -0.2) is 15.0 Å². The summed E-state index contributed by atoms with van der Waals surface area (Å²) in [7, 11) is 0. The highest BCUT2D eigenvalue weighted by molar-refractivity contribution is 5.88. The van der Waals surface area contributed by atoms with Gasteiger partial charge >= 0.3 is 0 Å². The van der Waals surface area contributed by atoms with Gasteiger partial charge in [0.15, 0.2) is 17.5 Å². The summed E-state index contributed by atoms with van der Waals surface area (Å²) in [5.41, 5.74) is 7.58. The van der Waals surface area contributed by atoms with Gasteiger partial charge in [-0.15, -0.1) is 0 Å². The first kappa shape index (κ1) is 29.3. The van der Waals surface area contributed by atoms with Gasteiger partial charge in [0.25, 0.3) is 0 Å². The minimum absolute atomic E-state index is 0.307. The van der Waals surface area contributed by atoms with E-state index in [-0.39, 0.29) is 0 Å². The maximum absolute atomic E-state index is 9.36. The van der Waals surface area contributed by atoms with Crippen LogP contribution in [-0.4, -0.2) is 15.0 Å². The summed E-state index contributed by atoms with van der Waals surface area (Å²) in [6.07, 6.45) is 6.71. The normalized spacial score (nSPS) is 22.1. The second kappa shape index (κ2) is 11.9. The molecular weight excluding hydrogens is 573 g/mol. The van der Waals surface area contributed by atoms with Crippen LogP contribution >= 0.6 is 0 Å². The summed E-state index contributed by atoms with van der Waals surface area (Å²) in [6, 6.07) is 42.2. The van der Waals surface area contributed by atoms with E-state index in [0.29, 0.717) is 28.5 Å². The molecule has 4 atom stereocenters. The molecule has 47 heavy (non-hydrogen) atoms. The molecule has 4 heteroatoms. The standard InChI is InChI=1S/C43H38N4/c1-28-20-31-21-29(2)25-43(24-28,26-31)37-18-16-32(17-19-37)38-10-6-7-11-39(38)42-46-40(33-8-4-3-5-9-33)45-41(47-42)36-15-14-34-22-30(27-44)12-13-35(34)23-36/h3-19,22-23,28-29,31H,20-21,24-26H2,1-2H3/t28-,29+,31-,43?. The van der Waals surface area contributed by atoms with E-state index in [9.17, 15) is 5.26 Å². The van der Waals surface area contributed by atoms with Gasteiger partial charge < -0.3 is 0 Å². The molecule has 2 aliphatic carbocycles. The number of nitriles is 1. The number of rotatable bonds is 5. The fourth-order valence-electron chi connectivity index (χ4n) is 8.79. The fourth-order valence-corrected chi connectivity index (χ4v) is 8.79. The van der Waals surface area contributed by atoms with E-state index >= 15 is 0 Å². The van der Waals surface area contributed by atoms with Crippen LogP contribution in [0.4, 0.5) is 0 Å². The quantitative estimate of drug-likeness (QED) is 0.195. The summed E-state index contributed by atoms with van der Waals surface area (Å²) < 4.78 is 0. The van der Waals surface area contributed by atoms with Crippen LogP contribution in [0.25, 0.3) is 56.1 Å². The number of benzene rings is 5. The highest BCUT2D eigenvalue weighted by Gasteiger charge is 2.45. The van der Waals surface area contributed by atoms with Gasteiger partial charge in [-0.2, -0.15) is 5.26 Å². The molecule has 5 aromatic carbocycles. The predicted molar refractivity (Wildman–Crippen MR) is 190 cm³/mol. The molecule has 1 aromatic heterocycles. The van der Waals surface area contributed by atoms with Gasteiger partial charge in [0, 0.05) is 16.7 Å². The van der Waals surface area contributed by atoms with Crippen LogP contribution < -0.4 is 0 Å². The largest absolute Gasteiger partial charge is 0.208 e. The lowest BCUT2D eigenvalue weighted by Gasteiger charge is -2.50. The van der Waals surface area contributed by atoms with Crippen LogP contribution in [0.5, 0.6) is 0 Å². The molecule has 0 radical (unpaired) electrons. The SMILES string of the molecule is C[C@@H]1C[C@@H]2C[C@H](C)CC(c3ccc(-c4ccccc4-c4nc(-c5ccccc5)nc(-c5ccc6cc(C#N)ccc6c5)n4)cc3)(C1)C2. The molecule has 0 saturated heterocycles. The fraction of sp³-hybridized carbons (Fsp3) is 0.256. The highest BCUT2D eigenvalue weighted by Crippen LogP contribution is 2.54. The van der Waals surface area contributed by atoms with E-state index in [4.69, 9.17) is 15.0 Å². The van der Waals surface area contributed by atoms with Crippen molar-refractivity contribution in [3.05, 3.63) is 126 Å². The van der Waals surface area contributed by atoms with Crippen molar-refractivity contribution in [1.29, 1.82) is 5.26 Å². The molecule has 8 rings (SSSR count). The van der Waals surface area contributed by atoms with Gasteiger partial charge in [0.1, 0.15) is 0 Å². The number of aromatic nitrogens is 3. The van der Waals surface area contributed by atoms with Crippen LogP contribution in [0.3, 0.4) is 0 Å². The Kier molecular flexibility index (Phi) is 7.41. The second-order valence-corrected chi connectivity index (χ2v) is 14.1. The first-order valence-corrected chi connectivity index (χ1v) is 16.9. The Hall–Kier alpha value is -5.14. The lowest BCUT2D eigenvalue weighted by Crippen LogP contribution is -2.42. The lowest BCUT2D eigenvalue weighted by molar-refractivity contribution is 0.0780. The Morgan fingerprint density at radius 3 is 1.89 bits per heavy atom. The first-order chi connectivity index (χ1) is 23.0. The van der Waals surface area contributed by atoms with E-state index in [1.165, 1.54) is 43.2 Å². The molecule has 0 amide bonds. The summed E-state index contributed by atoms with van der Waals surface area (Å²) in [5.74, 6) is 4.35. The number of fused-ring (bicyclic) bond motifs is 3. The molecule has 2 saturated carbocycles. The van der Waals surface area contributed by atoms with E-state index in [2.05, 4.69) is 74.5 Å². The van der Waals surface area contributed by atoms with E-state index in [1.54, 1.807) is 0 Å². The molecule has 230 valence electrons. The molecule has 2 fully saturated rings. The third-order valence-corrected chi connectivity index (χ3v) is 10.5. The molecule has 0 aliphatic heterocycles. The molecule has 0 spiro atoms. The van der Waals surface area contributed by atoms with Crippen molar-refractivity contribution in [3.8, 4) is 51.4 Å². The lowest BCUT2D eigenvalue weighted by atomic mass is 9.54. The molecule has 2 bridgehead atoms. The summed E-state index contributed by atoms with van der Waals surface area (Å²) in [5, 5.41) is 11.4. The smallest absolute Gasteiger partial charge is 0.164 e. The van der Waals surface area contributed by atoms with E-state index in [1.807, 2.05) is 60.7 Å². The van der Waals surface area contributed by atoms with Gasteiger partial charge in [0.05, 0.1) is 11.6 Å². The second-order valence-electron chi connectivity index (χ2n) is 14.1.